The SMILES string of the molecule is CN(C)CCN(C)CC(O)CC(=O)O. The maximum absolute atomic E-state index is 10.3. The first-order valence-electron chi connectivity index (χ1n) is 4.65. The van der Waals surface area contributed by atoms with Crippen LogP contribution in [0, 0.1) is 0 Å². The van der Waals surface area contributed by atoms with E-state index in [1.54, 1.807) is 0 Å². The Morgan fingerprint density at radius 2 is 1.86 bits per heavy atom. The van der Waals surface area contributed by atoms with Crippen molar-refractivity contribution in [1.29, 1.82) is 0 Å². The number of carboxylic acid groups (broad SMARTS) is 1. The second-order valence-electron chi connectivity index (χ2n) is 3.82. The van der Waals surface area contributed by atoms with E-state index >= 15 is 0 Å². The molecule has 14 heavy (non-hydrogen) atoms. The molecular formula is C9H20N2O3. The molecule has 0 amide bonds. The number of hydrogen-bond acceptors (Lipinski definition) is 4. The number of likely N-dealkylation sites (N-methyl/N-ethyl adjacent to an activating group) is 2. The van der Waals surface area contributed by atoms with Crippen LogP contribution >= 0.6 is 0 Å². The quantitative estimate of drug-likeness (QED) is 0.575. The van der Waals surface area contributed by atoms with Gasteiger partial charge in [-0.05, 0) is 21.1 Å². The van der Waals surface area contributed by atoms with Crippen molar-refractivity contribution >= 4 is 5.97 Å². The van der Waals surface area contributed by atoms with Gasteiger partial charge in [-0.1, -0.05) is 0 Å². The van der Waals surface area contributed by atoms with Crippen LogP contribution in [0.25, 0.3) is 0 Å². The van der Waals surface area contributed by atoms with Crippen LogP contribution in [0.5, 0.6) is 0 Å². The van der Waals surface area contributed by atoms with E-state index in [1.165, 1.54) is 0 Å². The van der Waals surface area contributed by atoms with Crippen LogP contribution in [0.1, 0.15) is 6.42 Å². The van der Waals surface area contributed by atoms with Gasteiger partial charge in [0.05, 0.1) is 12.5 Å². The van der Waals surface area contributed by atoms with Gasteiger partial charge in [-0.25, -0.2) is 0 Å². The van der Waals surface area contributed by atoms with Crippen molar-refractivity contribution in [2.24, 2.45) is 0 Å². The van der Waals surface area contributed by atoms with Crippen LogP contribution in [0.15, 0.2) is 0 Å². The van der Waals surface area contributed by atoms with Gasteiger partial charge in [0.15, 0.2) is 0 Å². The van der Waals surface area contributed by atoms with Gasteiger partial charge in [-0.15, -0.1) is 0 Å². The van der Waals surface area contributed by atoms with E-state index in [0.29, 0.717) is 6.54 Å². The van der Waals surface area contributed by atoms with Gasteiger partial charge in [0, 0.05) is 19.6 Å². The van der Waals surface area contributed by atoms with Crippen LogP contribution in [0.3, 0.4) is 0 Å². The average molecular weight is 204 g/mol. The molecule has 1 unspecified atom stereocenters. The molecule has 1 atom stereocenters. The average Bonchev–Trinajstić information content (AvgIpc) is 1.98. The van der Waals surface area contributed by atoms with E-state index in [2.05, 4.69) is 0 Å². The number of nitrogens with zero attached hydrogens (tertiary/aromatic N) is 2. The molecule has 0 aliphatic carbocycles. The molecule has 0 bridgehead atoms. The van der Waals surface area contributed by atoms with Crippen molar-refractivity contribution in [3.05, 3.63) is 0 Å². The molecular weight excluding hydrogens is 184 g/mol. The van der Waals surface area contributed by atoms with Crippen molar-refractivity contribution < 1.29 is 15.0 Å². The van der Waals surface area contributed by atoms with Crippen molar-refractivity contribution in [2.75, 3.05) is 40.8 Å². The summed E-state index contributed by atoms with van der Waals surface area (Å²) in [7, 11) is 5.82. The minimum atomic E-state index is -0.960. The number of aliphatic hydroxyl groups is 1. The van der Waals surface area contributed by atoms with Gasteiger partial charge in [0.25, 0.3) is 0 Å². The van der Waals surface area contributed by atoms with Gasteiger partial charge < -0.3 is 20.0 Å². The maximum Gasteiger partial charge on any atom is 0.306 e. The highest BCUT2D eigenvalue weighted by Crippen LogP contribution is 1.95. The van der Waals surface area contributed by atoms with Gasteiger partial charge in [-0.2, -0.15) is 0 Å². The summed E-state index contributed by atoms with van der Waals surface area (Å²) in [6.07, 6.45) is -0.966. The zero-order chi connectivity index (χ0) is 11.1. The highest BCUT2D eigenvalue weighted by molar-refractivity contribution is 5.67. The van der Waals surface area contributed by atoms with Crippen molar-refractivity contribution in [3.8, 4) is 0 Å². The molecule has 0 rings (SSSR count). The largest absolute Gasteiger partial charge is 0.481 e. The Bertz CT molecular complexity index is 173. The number of aliphatic hydroxyl groups excluding tert-OH is 1. The summed E-state index contributed by atoms with van der Waals surface area (Å²) in [5, 5.41) is 17.7. The van der Waals surface area contributed by atoms with Crippen LogP contribution < -0.4 is 0 Å². The highest BCUT2D eigenvalue weighted by atomic mass is 16.4. The number of hydrogen-bond donors (Lipinski definition) is 2. The van der Waals surface area contributed by atoms with Crippen molar-refractivity contribution in [2.45, 2.75) is 12.5 Å². The molecule has 0 aromatic carbocycles. The number of rotatable bonds is 7. The monoisotopic (exact) mass is 204 g/mol. The van der Waals surface area contributed by atoms with E-state index in [-0.39, 0.29) is 6.42 Å². The molecule has 0 radical (unpaired) electrons. The minimum Gasteiger partial charge on any atom is -0.481 e. The molecule has 0 spiro atoms. The molecule has 5 heteroatoms. The van der Waals surface area contributed by atoms with Crippen LogP contribution in [-0.2, 0) is 4.79 Å². The molecule has 2 N–H and O–H groups in total. The lowest BCUT2D eigenvalue weighted by molar-refractivity contribution is -0.139. The first-order valence-corrected chi connectivity index (χ1v) is 4.65. The molecule has 84 valence electrons. The zero-order valence-electron chi connectivity index (χ0n) is 9.10. The van der Waals surface area contributed by atoms with Crippen LogP contribution in [0.2, 0.25) is 0 Å². The molecule has 0 saturated heterocycles. The van der Waals surface area contributed by atoms with E-state index in [4.69, 9.17) is 5.11 Å². The standard InChI is InChI=1S/C9H20N2O3/c1-10(2)4-5-11(3)7-8(12)6-9(13)14/h8,12H,4-7H2,1-3H3,(H,13,14). The first-order chi connectivity index (χ1) is 6.41. The number of aliphatic carboxylic acids is 1. The van der Waals surface area contributed by atoms with Crippen molar-refractivity contribution in [1.82, 2.24) is 9.80 Å². The molecule has 0 fully saturated rings. The predicted octanol–water partition coefficient (Wildman–Crippen LogP) is -0.685. The Balaban J connectivity index is 3.59. The Hall–Kier alpha value is -0.650. The second kappa shape index (κ2) is 6.75. The fraction of sp³-hybridized carbons (Fsp3) is 0.889. The predicted molar refractivity (Wildman–Crippen MR) is 54.3 cm³/mol. The first kappa shape index (κ1) is 13.4. The van der Waals surface area contributed by atoms with Gasteiger partial charge in [-0.3, -0.25) is 4.79 Å². The van der Waals surface area contributed by atoms with E-state index in [1.807, 2.05) is 30.9 Å². The van der Waals surface area contributed by atoms with E-state index < -0.39 is 12.1 Å². The minimum absolute atomic E-state index is 0.188. The Kier molecular flexibility index (Phi) is 6.44. The summed E-state index contributed by atoms with van der Waals surface area (Å²) >= 11 is 0. The normalized spacial score (nSPS) is 13.6. The summed E-state index contributed by atoms with van der Waals surface area (Å²) in [5.74, 6) is -0.960. The van der Waals surface area contributed by atoms with Gasteiger partial charge in [0.2, 0.25) is 0 Å². The lowest BCUT2D eigenvalue weighted by Crippen LogP contribution is -2.35. The van der Waals surface area contributed by atoms with Crippen LogP contribution in [0.4, 0.5) is 0 Å². The molecule has 0 saturated carbocycles. The molecule has 0 aliphatic heterocycles. The lowest BCUT2D eigenvalue weighted by Gasteiger charge is -2.21. The summed E-state index contributed by atoms with van der Waals surface area (Å²) in [6.45, 7) is 2.13. The summed E-state index contributed by atoms with van der Waals surface area (Å²) in [4.78, 5) is 14.2. The fourth-order valence-corrected chi connectivity index (χ4v) is 1.09. The van der Waals surface area contributed by atoms with Gasteiger partial charge in [0.1, 0.15) is 0 Å². The lowest BCUT2D eigenvalue weighted by atomic mass is 10.2. The topological polar surface area (TPSA) is 64.0 Å². The zero-order valence-corrected chi connectivity index (χ0v) is 9.10. The molecule has 5 nitrogen and oxygen atoms in total. The Labute approximate surface area is 84.9 Å². The second-order valence-corrected chi connectivity index (χ2v) is 3.82. The molecule has 0 aromatic rings. The van der Waals surface area contributed by atoms with Gasteiger partial charge >= 0.3 is 5.97 Å². The van der Waals surface area contributed by atoms with Crippen LogP contribution in [-0.4, -0.2) is 72.9 Å². The molecule has 0 aliphatic rings. The van der Waals surface area contributed by atoms with E-state index in [0.717, 1.165) is 13.1 Å². The third-order valence-electron chi connectivity index (χ3n) is 1.86. The Morgan fingerprint density at radius 1 is 1.29 bits per heavy atom. The van der Waals surface area contributed by atoms with E-state index in [9.17, 15) is 9.90 Å². The number of carbonyl (C=O) groups is 1. The Morgan fingerprint density at radius 3 is 2.29 bits per heavy atom. The third-order valence-corrected chi connectivity index (χ3v) is 1.86. The summed E-state index contributed by atoms with van der Waals surface area (Å²) in [5.41, 5.74) is 0. The third kappa shape index (κ3) is 7.97. The molecule has 0 heterocycles. The fourth-order valence-electron chi connectivity index (χ4n) is 1.09. The van der Waals surface area contributed by atoms with Crippen molar-refractivity contribution in [3.63, 3.8) is 0 Å². The number of carboxylic acids is 1. The molecule has 0 aromatic heterocycles. The summed E-state index contributed by atoms with van der Waals surface area (Å²) < 4.78 is 0. The maximum atomic E-state index is 10.3. The highest BCUT2D eigenvalue weighted by Gasteiger charge is 2.11. The summed E-state index contributed by atoms with van der Waals surface area (Å²) in [6, 6.07) is 0. The smallest absolute Gasteiger partial charge is 0.306 e.